The summed E-state index contributed by atoms with van der Waals surface area (Å²) in [6.45, 7) is 0.253. The Morgan fingerprint density at radius 1 is 1.31 bits per heavy atom. The van der Waals surface area contributed by atoms with Gasteiger partial charge < -0.3 is 14.9 Å². The summed E-state index contributed by atoms with van der Waals surface area (Å²) in [7, 11) is 1.46. The van der Waals surface area contributed by atoms with E-state index in [9.17, 15) is 18.8 Å². The molecule has 2 aliphatic heterocycles. The molecule has 2 heterocycles. The molecule has 4 rings (SSSR count). The van der Waals surface area contributed by atoms with E-state index in [1.165, 1.54) is 30.2 Å². The van der Waals surface area contributed by atoms with E-state index < -0.39 is 18.0 Å². The third-order valence-electron chi connectivity index (χ3n) is 5.17. The van der Waals surface area contributed by atoms with Crippen LogP contribution in [0.5, 0.6) is 0 Å². The minimum Gasteiger partial charge on any atom is -0.442 e. The van der Waals surface area contributed by atoms with Crippen molar-refractivity contribution in [3.63, 3.8) is 0 Å². The molecule has 0 radical (unpaired) electrons. The maximum absolute atomic E-state index is 14.7. The van der Waals surface area contributed by atoms with E-state index >= 15 is 0 Å². The fraction of sp³-hybridized carbons (Fsp3) is 0.208. The lowest BCUT2D eigenvalue weighted by molar-refractivity contribution is -0.118. The molecule has 0 spiro atoms. The number of carbonyl (C=O) groups excluding carboxylic acids is 3. The van der Waals surface area contributed by atoms with Gasteiger partial charge in [0.25, 0.3) is 5.91 Å². The van der Waals surface area contributed by atoms with E-state index in [4.69, 9.17) is 4.74 Å². The highest BCUT2D eigenvalue weighted by molar-refractivity contribution is 8.15. The highest BCUT2D eigenvalue weighted by Gasteiger charge is 2.33. The van der Waals surface area contributed by atoms with E-state index in [-0.39, 0.29) is 36.2 Å². The third kappa shape index (κ3) is 6.27. The lowest BCUT2D eigenvalue weighted by Gasteiger charge is -2.16. The maximum Gasteiger partial charge on any atom is 0.414 e. The average Bonchev–Trinajstić information content (AvgIpc) is 3.26. The van der Waals surface area contributed by atoms with Crippen molar-refractivity contribution >= 4 is 52.7 Å². The van der Waals surface area contributed by atoms with Crippen LogP contribution in [-0.2, 0) is 19.2 Å². The second-order valence-electron chi connectivity index (χ2n) is 7.68. The molecule has 186 valence electrons. The highest BCUT2D eigenvalue weighted by atomic mass is 32.2. The molecule has 10 nitrogen and oxygen atoms in total. The van der Waals surface area contributed by atoms with Crippen LogP contribution in [0.1, 0.15) is 16.7 Å². The molecule has 0 aliphatic carbocycles. The zero-order valence-electron chi connectivity index (χ0n) is 19.1. The molecular weight excluding hydrogens is 489 g/mol. The largest absolute Gasteiger partial charge is 0.442 e. The molecule has 1 fully saturated rings. The standard InChI is InChI=1S/C24H22FN5O5S/c1-34-27-11-16-4-2-15(3-5-16)6-9-21(31)26-12-18-13-30(24(33)35-18)17-7-8-19(20(25)10-17)23-29-28-22(32)14-36-23/h2-11,18H,12-14H2,1H3,(H,26,31)(H,28,32)/b9-6+,27-11+/t18-/m0/s1. The van der Waals surface area contributed by atoms with Crippen molar-refractivity contribution < 1.29 is 28.3 Å². The topological polar surface area (TPSA) is 122 Å². The van der Waals surface area contributed by atoms with Crippen LogP contribution in [0.15, 0.2) is 58.8 Å². The number of anilines is 1. The number of benzene rings is 2. The van der Waals surface area contributed by atoms with Crippen LogP contribution in [0, 0.1) is 5.82 Å². The normalized spacial score (nSPS) is 17.8. The van der Waals surface area contributed by atoms with E-state index in [2.05, 4.69) is 25.8 Å². The first-order chi connectivity index (χ1) is 17.4. The van der Waals surface area contributed by atoms with Gasteiger partial charge in [-0.2, -0.15) is 5.10 Å². The van der Waals surface area contributed by atoms with Gasteiger partial charge in [-0.05, 0) is 35.4 Å². The predicted octanol–water partition coefficient (Wildman–Crippen LogP) is 2.49. The van der Waals surface area contributed by atoms with E-state index in [1.807, 2.05) is 24.3 Å². The summed E-state index contributed by atoms with van der Waals surface area (Å²) in [5, 5.41) is 10.6. The molecule has 36 heavy (non-hydrogen) atoms. The van der Waals surface area contributed by atoms with Gasteiger partial charge in [0.15, 0.2) is 0 Å². The quantitative estimate of drug-likeness (QED) is 0.319. The van der Waals surface area contributed by atoms with Gasteiger partial charge in [-0.25, -0.2) is 14.6 Å². The number of rotatable bonds is 8. The molecule has 2 aromatic rings. The number of carbonyl (C=O) groups is 3. The number of nitrogens with one attached hydrogen (secondary N) is 2. The molecule has 2 aromatic carbocycles. The summed E-state index contributed by atoms with van der Waals surface area (Å²) in [4.78, 5) is 41.7. The van der Waals surface area contributed by atoms with Gasteiger partial charge >= 0.3 is 6.09 Å². The van der Waals surface area contributed by atoms with E-state index in [0.29, 0.717) is 10.7 Å². The van der Waals surface area contributed by atoms with Crippen molar-refractivity contribution in [3.8, 4) is 0 Å². The van der Waals surface area contributed by atoms with Crippen LogP contribution < -0.4 is 15.6 Å². The van der Waals surface area contributed by atoms with Gasteiger partial charge in [0, 0.05) is 11.6 Å². The van der Waals surface area contributed by atoms with Crippen molar-refractivity contribution in [1.82, 2.24) is 10.7 Å². The Balaban J connectivity index is 1.30. The third-order valence-corrected chi connectivity index (χ3v) is 6.16. The monoisotopic (exact) mass is 511 g/mol. The number of hydrogen-bond donors (Lipinski definition) is 2. The molecule has 12 heteroatoms. The molecule has 1 atom stereocenters. The Morgan fingerprint density at radius 2 is 2.08 bits per heavy atom. The number of hydrazone groups is 1. The first kappa shape index (κ1) is 24.9. The summed E-state index contributed by atoms with van der Waals surface area (Å²) < 4.78 is 20.0. The van der Waals surface area contributed by atoms with Crippen LogP contribution in [0.4, 0.5) is 14.9 Å². The molecule has 0 aromatic heterocycles. The smallest absolute Gasteiger partial charge is 0.414 e. The first-order valence-electron chi connectivity index (χ1n) is 10.8. The summed E-state index contributed by atoms with van der Waals surface area (Å²) >= 11 is 1.13. The lowest BCUT2D eigenvalue weighted by Crippen LogP contribution is -2.33. The lowest BCUT2D eigenvalue weighted by atomic mass is 10.1. The molecule has 2 N–H and O–H groups in total. The second-order valence-corrected chi connectivity index (χ2v) is 8.65. The molecule has 2 aliphatic rings. The Kier molecular flexibility index (Phi) is 7.95. The number of oxime groups is 1. The van der Waals surface area contributed by atoms with Gasteiger partial charge in [0.2, 0.25) is 5.91 Å². The molecule has 3 amide bonds. The number of cyclic esters (lactones) is 1. The van der Waals surface area contributed by atoms with Crippen LogP contribution >= 0.6 is 11.8 Å². The van der Waals surface area contributed by atoms with E-state index in [1.54, 1.807) is 18.4 Å². The van der Waals surface area contributed by atoms with Crippen LogP contribution in [0.2, 0.25) is 0 Å². The summed E-state index contributed by atoms with van der Waals surface area (Å²) in [6.07, 6.45) is 3.39. The molecule has 0 saturated carbocycles. The van der Waals surface area contributed by atoms with Gasteiger partial charge in [-0.1, -0.05) is 41.2 Å². The Morgan fingerprint density at radius 3 is 2.78 bits per heavy atom. The Bertz CT molecular complexity index is 1250. The minimum atomic E-state index is -0.634. The summed E-state index contributed by atoms with van der Waals surface area (Å²) in [5.41, 5.74) is 4.54. The summed E-state index contributed by atoms with van der Waals surface area (Å²) in [5.74, 6) is -1.03. The number of nitrogens with zero attached hydrogens (tertiary/aromatic N) is 3. The Hall–Kier alpha value is -4.19. The SMILES string of the molecule is CO/N=C/c1ccc(/C=C/C(=O)NC[C@H]2CN(c3ccc(C4=NNC(=O)CS4)c(F)c3)C(=O)O2)cc1. The van der Waals surface area contributed by atoms with E-state index in [0.717, 1.165) is 22.9 Å². The zero-order valence-corrected chi connectivity index (χ0v) is 20.0. The van der Waals surface area contributed by atoms with Crippen molar-refractivity contribution in [3.05, 3.63) is 71.0 Å². The minimum absolute atomic E-state index is 0.103. The van der Waals surface area contributed by atoms with Crippen LogP contribution in [0.25, 0.3) is 6.08 Å². The van der Waals surface area contributed by atoms with Crippen molar-refractivity contribution in [1.29, 1.82) is 0 Å². The number of amides is 3. The fourth-order valence-electron chi connectivity index (χ4n) is 3.39. The first-order valence-corrected chi connectivity index (χ1v) is 11.8. The molecule has 0 bridgehead atoms. The molecular formula is C24H22FN5O5S. The van der Waals surface area contributed by atoms with Crippen molar-refractivity contribution in [2.45, 2.75) is 6.10 Å². The van der Waals surface area contributed by atoms with Gasteiger partial charge in [-0.3, -0.25) is 14.5 Å². The van der Waals surface area contributed by atoms with Gasteiger partial charge in [-0.15, -0.1) is 0 Å². The second kappa shape index (κ2) is 11.5. The number of halogens is 1. The molecule has 1 saturated heterocycles. The zero-order chi connectivity index (χ0) is 25.5. The van der Waals surface area contributed by atoms with Crippen molar-refractivity contribution in [2.24, 2.45) is 10.3 Å². The van der Waals surface area contributed by atoms with Crippen molar-refractivity contribution in [2.75, 3.05) is 30.9 Å². The van der Waals surface area contributed by atoms with Gasteiger partial charge in [0.1, 0.15) is 24.1 Å². The summed E-state index contributed by atoms with van der Waals surface area (Å²) in [6, 6.07) is 11.6. The number of hydrogen-bond acceptors (Lipinski definition) is 8. The van der Waals surface area contributed by atoms with Gasteiger partial charge in [0.05, 0.1) is 30.7 Å². The predicted molar refractivity (Wildman–Crippen MR) is 134 cm³/mol. The Labute approximate surface area is 210 Å². The number of thioether (sulfide) groups is 1. The van der Waals surface area contributed by atoms with Crippen LogP contribution in [0.3, 0.4) is 0 Å². The average molecular weight is 512 g/mol. The maximum atomic E-state index is 14.7. The molecule has 0 unspecified atom stereocenters. The fourth-order valence-corrected chi connectivity index (χ4v) is 4.15. The number of ether oxygens (including phenoxy) is 1. The highest BCUT2D eigenvalue weighted by Crippen LogP contribution is 2.26. The van der Waals surface area contributed by atoms with Crippen LogP contribution in [-0.4, -0.2) is 61.2 Å².